The third kappa shape index (κ3) is 7.42. The van der Waals surface area contributed by atoms with Crippen LogP contribution in [-0.2, 0) is 17.7 Å². The number of unbranched alkanes of at least 4 members (excludes halogenated alkanes) is 1. The van der Waals surface area contributed by atoms with Gasteiger partial charge in [0.25, 0.3) is 0 Å². The fourth-order valence-electron chi connectivity index (χ4n) is 4.40. The lowest BCUT2D eigenvalue weighted by Gasteiger charge is -2.25. The van der Waals surface area contributed by atoms with E-state index < -0.39 is 6.10 Å². The van der Waals surface area contributed by atoms with Crippen LogP contribution in [0.2, 0.25) is 0 Å². The Labute approximate surface area is 215 Å². The number of rotatable bonds is 15. The largest absolute Gasteiger partial charge is 0.439 e. The van der Waals surface area contributed by atoms with Gasteiger partial charge in [0.2, 0.25) is 5.88 Å². The highest BCUT2D eigenvalue weighted by molar-refractivity contribution is 5.44. The van der Waals surface area contributed by atoms with Crippen molar-refractivity contribution in [1.29, 1.82) is 0 Å². The van der Waals surface area contributed by atoms with Crippen LogP contribution in [0.5, 0.6) is 11.6 Å². The molecule has 0 saturated heterocycles. The molecule has 2 aromatic carbocycles. The van der Waals surface area contributed by atoms with E-state index in [4.69, 9.17) is 14.6 Å². The van der Waals surface area contributed by atoms with E-state index in [0.29, 0.717) is 32.2 Å². The van der Waals surface area contributed by atoms with Gasteiger partial charge in [-0.2, -0.15) is 5.10 Å². The van der Waals surface area contributed by atoms with Gasteiger partial charge in [0.05, 0.1) is 29.7 Å². The summed E-state index contributed by atoms with van der Waals surface area (Å²) >= 11 is 0. The Balaban J connectivity index is 1.61. The highest BCUT2D eigenvalue weighted by Crippen LogP contribution is 2.34. The molecule has 1 saturated carbocycles. The van der Waals surface area contributed by atoms with Gasteiger partial charge < -0.3 is 14.6 Å². The topological polar surface area (TPSA) is 59.8 Å². The minimum absolute atomic E-state index is 0.373. The zero-order valence-corrected chi connectivity index (χ0v) is 22.0. The van der Waals surface area contributed by atoms with Crippen molar-refractivity contribution in [3.63, 3.8) is 0 Å². The van der Waals surface area contributed by atoms with E-state index in [0.717, 1.165) is 54.4 Å². The molecule has 0 bridgehead atoms. The minimum atomic E-state index is -0.517. The first-order valence-corrected chi connectivity index (χ1v) is 13.5. The number of hydrogen-bond donors (Lipinski definition) is 1. The zero-order valence-electron chi connectivity index (χ0n) is 22.0. The van der Waals surface area contributed by atoms with Gasteiger partial charge in [0.15, 0.2) is 0 Å². The van der Waals surface area contributed by atoms with Crippen LogP contribution in [-0.4, -0.2) is 52.2 Å². The molecular formula is C30H41N3O3. The molecule has 1 aromatic heterocycles. The summed E-state index contributed by atoms with van der Waals surface area (Å²) < 4.78 is 14.2. The summed E-state index contributed by atoms with van der Waals surface area (Å²) in [5.74, 6) is 2.24. The van der Waals surface area contributed by atoms with Gasteiger partial charge in [-0.25, -0.2) is 4.68 Å². The molecule has 0 unspecified atom stereocenters. The number of aryl methyl sites for hydroxylation is 2. The molecule has 194 valence electrons. The van der Waals surface area contributed by atoms with E-state index in [9.17, 15) is 5.11 Å². The second-order valence-electron chi connectivity index (χ2n) is 9.97. The average molecular weight is 492 g/mol. The van der Waals surface area contributed by atoms with Crippen molar-refractivity contribution >= 4 is 0 Å². The van der Waals surface area contributed by atoms with E-state index in [-0.39, 0.29) is 0 Å². The molecule has 3 aromatic rings. The fourth-order valence-corrected chi connectivity index (χ4v) is 4.40. The van der Waals surface area contributed by atoms with Crippen LogP contribution in [0.25, 0.3) is 5.69 Å². The lowest BCUT2D eigenvalue weighted by atomic mass is 10.1. The van der Waals surface area contributed by atoms with Crippen molar-refractivity contribution < 1.29 is 14.6 Å². The van der Waals surface area contributed by atoms with E-state index in [1.165, 1.54) is 18.4 Å². The Morgan fingerprint density at radius 3 is 2.50 bits per heavy atom. The van der Waals surface area contributed by atoms with Crippen LogP contribution in [0.1, 0.15) is 56.4 Å². The standard InChI is InChI=1S/C30H41N3O3/c1-4-6-18-35-22-26(34)20-32(19-24-14-15-24)21-28-29(5-2)31-33(25-10-8-7-9-11-25)30(28)36-27-16-12-23(3)13-17-27/h7-13,16-17,24,26,34H,4-6,14-15,18-22H2,1-3H3/t26-/m0/s1. The van der Waals surface area contributed by atoms with Crippen LogP contribution >= 0.6 is 0 Å². The number of ether oxygens (including phenoxy) is 2. The molecule has 0 radical (unpaired) electrons. The van der Waals surface area contributed by atoms with E-state index in [2.05, 4.69) is 49.9 Å². The number of nitrogens with zero attached hydrogens (tertiary/aromatic N) is 3. The highest BCUT2D eigenvalue weighted by Gasteiger charge is 2.28. The summed E-state index contributed by atoms with van der Waals surface area (Å²) in [5, 5.41) is 15.7. The second-order valence-corrected chi connectivity index (χ2v) is 9.97. The van der Waals surface area contributed by atoms with Gasteiger partial charge in [-0.1, -0.05) is 56.2 Å². The molecule has 0 aliphatic heterocycles. The average Bonchev–Trinajstić information content (AvgIpc) is 3.64. The third-order valence-corrected chi connectivity index (χ3v) is 6.61. The summed E-state index contributed by atoms with van der Waals surface area (Å²) in [7, 11) is 0. The SMILES string of the molecule is CCCCOC[C@@H](O)CN(Cc1c(CC)nn(-c2ccccc2)c1Oc1ccc(C)cc1)CC1CC1. The van der Waals surface area contributed by atoms with Crippen LogP contribution in [0.3, 0.4) is 0 Å². The monoisotopic (exact) mass is 491 g/mol. The van der Waals surface area contributed by atoms with Gasteiger partial charge in [-0.3, -0.25) is 4.90 Å². The molecule has 1 N–H and O–H groups in total. The Bertz CT molecular complexity index is 1060. The second kappa shape index (κ2) is 13.0. The minimum Gasteiger partial charge on any atom is -0.439 e. The van der Waals surface area contributed by atoms with E-state index in [1.807, 2.05) is 35.0 Å². The number of hydrogen-bond acceptors (Lipinski definition) is 5. The Hall–Kier alpha value is -2.67. The van der Waals surface area contributed by atoms with Gasteiger partial charge >= 0.3 is 0 Å². The van der Waals surface area contributed by atoms with Crippen LogP contribution in [0.4, 0.5) is 0 Å². The molecule has 6 nitrogen and oxygen atoms in total. The normalized spacial score (nSPS) is 14.4. The van der Waals surface area contributed by atoms with E-state index in [1.54, 1.807) is 0 Å². The van der Waals surface area contributed by atoms with Crippen molar-refractivity contribution in [2.45, 2.75) is 65.5 Å². The number of aromatic nitrogens is 2. The van der Waals surface area contributed by atoms with Crippen molar-refractivity contribution in [2.24, 2.45) is 5.92 Å². The maximum absolute atomic E-state index is 10.8. The maximum atomic E-state index is 10.8. The summed E-state index contributed by atoms with van der Waals surface area (Å²) in [5.41, 5.74) is 4.27. The van der Waals surface area contributed by atoms with Crippen LogP contribution in [0.15, 0.2) is 54.6 Å². The first kappa shape index (κ1) is 26.4. The smallest absolute Gasteiger partial charge is 0.227 e. The third-order valence-electron chi connectivity index (χ3n) is 6.61. The molecule has 6 heteroatoms. The highest BCUT2D eigenvalue weighted by atomic mass is 16.5. The fraction of sp³-hybridized carbons (Fsp3) is 0.500. The molecular weight excluding hydrogens is 450 g/mol. The lowest BCUT2D eigenvalue weighted by Crippen LogP contribution is -2.36. The molecule has 1 fully saturated rings. The van der Waals surface area contributed by atoms with Gasteiger partial charge in [0.1, 0.15) is 5.75 Å². The predicted molar refractivity (Wildman–Crippen MR) is 144 cm³/mol. The van der Waals surface area contributed by atoms with Crippen LogP contribution < -0.4 is 4.74 Å². The molecule has 36 heavy (non-hydrogen) atoms. The van der Waals surface area contributed by atoms with Gasteiger partial charge in [-0.15, -0.1) is 0 Å². The Morgan fingerprint density at radius 2 is 1.83 bits per heavy atom. The number of aliphatic hydroxyl groups excluding tert-OH is 1. The maximum Gasteiger partial charge on any atom is 0.227 e. The summed E-state index contributed by atoms with van der Waals surface area (Å²) in [6.45, 7) is 9.66. The summed E-state index contributed by atoms with van der Waals surface area (Å²) in [4.78, 5) is 2.36. The first-order valence-electron chi connectivity index (χ1n) is 13.5. The van der Waals surface area contributed by atoms with Gasteiger partial charge in [-0.05, 0) is 62.8 Å². The van der Waals surface area contributed by atoms with Gasteiger partial charge in [0, 0.05) is 26.2 Å². The van der Waals surface area contributed by atoms with Crippen LogP contribution in [0, 0.1) is 12.8 Å². The molecule has 1 atom stereocenters. The Kier molecular flexibility index (Phi) is 9.56. The van der Waals surface area contributed by atoms with Crippen molar-refractivity contribution in [3.8, 4) is 17.3 Å². The Morgan fingerprint density at radius 1 is 1.08 bits per heavy atom. The molecule has 0 spiro atoms. The first-order chi connectivity index (χ1) is 17.6. The molecule has 1 heterocycles. The zero-order chi connectivity index (χ0) is 25.3. The predicted octanol–water partition coefficient (Wildman–Crippen LogP) is 5.93. The van der Waals surface area contributed by atoms with E-state index >= 15 is 0 Å². The number of benzene rings is 2. The molecule has 1 aliphatic carbocycles. The molecule has 0 amide bonds. The van der Waals surface area contributed by atoms with Crippen molar-refractivity contribution in [2.75, 3.05) is 26.3 Å². The number of aliphatic hydroxyl groups is 1. The summed E-state index contributed by atoms with van der Waals surface area (Å²) in [6, 6.07) is 18.3. The molecule has 1 aliphatic rings. The number of para-hydroxylation sites is 1. The summed E-state index contributed by atoms with van der Waals surface area (Å²) in [6.07, 6.45) is 4.93. The van der Waals surface area contributed by atoms with Crippen molar-refractivity contribution in [1.82, 2.24) is 14.7 Å². The quantitative estimate of drug-likeness (QED) is 0.267. The molecule has 4 rings (SSSR count). The van der Waals surface area contributed by atoms with Crippen molar-refractivity contribution in [3.05, 3.63) is 71.4 Å². The lowest BCUT2D eigenvalue weighted by molar-refractivity contribution is 0.0134.